The van der Waals surface area contributed by atoms with Crippen LogP contribution in [0.1, 0.15) is 26.7 Å². The predicted molar refractivity (Wildman–Crippen MR) is 75.3 cm³/mol. The summed E-state index contributed by atoms with van der Waals surface area (Å²) in [6, 6.07) is 7.34. The van der Waals surface area contributed by atoms with E-state index in [9.17, 15) is 8.42 Å². The summed E-state index contributed by atoms with van der Waals surface area (Å²) >= 11 is 0. The Hall–Kier alpha value is -1.07. The zero-order valence-corrected chi connectivity index (χ0v) is 12.3. The van der Waals surface area contributed by atoms with Crippen molar-refractivity contribution in [2.75, 3.05) is 19.4 Å². The molecule has 5 heteroatoms. The van der Waals surface area contributed by atoms with Gasteiger partial charge in [-0.2, -0.15) is 0 Å². The Morgan fingerprint density at radius 1 is 1.11 bits per heavy atom. The van der Waals surface area contributed by atoms with Gasteiger partial charge in [-0.05, 0) is 37.1 Å². The summed E-state index contributed by atoms with van der Waals surface area (Å²) in [5.74, 6) is 0. The fourth-order valence-electron chi connectivity index (χ4n) is 1.66. The van der Waals surface area contributed by atoms with E-state index in [1.165, 1.54) is 18.4 Å². The lowest BCUT2D eigenvalue weighted by Gasteiger charge is -2.17. The second kappa shape index (κ2) is 6.20. The fraction of sp³-hybridized carbons (Fsp3) is 0.538. The van der Waals surface area contributed by atoms with Gasteiger partial charge in [0.05, 0.1) is 4.90 Å². The van der Waals surface area contributed by atoms with E-state index in [-0.39, 0.29) is 0 Å². The van der Waals surface area contributed by atoms with Crippen LogP contribution in [0.5, 0.6) is 0 Å². The first kappa shape index (κ1) is 15.0. The highest BCUT2D eigenvalue weighted by molar-refractivity contribution is 7.89. The zero-order valence-electron chi connectivity index (χ0n) is 11.5. The van der Waals surface area contributed by atoms with Gasteiger partial charge in [0.25, 0.3) is 0 Å². The summed E-state index contributed by atoms with van der Waals surface area (Å²) in [6.45, 7) is 4.26. The van der Waals surface area contributed by atoms with Crippen LogP contribution in [0.4, 0.5) is 5.69 Å². The lowest BCUT2D eigenvalue weighted by Crippen LogP contribution is -2.22. The average Bonchev–Trinajstić information content (AvgIpc) is 2.36. The van der Waals surface area contributed by atoms with Gasteiger partial charge in [0, 0.05) is 25.8 Å². The highest BCUT2D eigenvalue weighted by Crippen LogP contribution is 2.18. The van der Waals surface area contributed by atoms with Crippen molar-refractivity contribution >= 4 is 15.7 Å². The molecule has 0 aliphatic carbocycles. The first-order chi connectivity index (χ1) is 8.41. The van der Waals surface area contributed by atoms with Crippen molar-refractivity contribution in [1.29, 1.82) is 0 Å². The first-order valence-electron chi connectivity index (χ1n) is 6.21. The zero-order chi connectivity index (χ0) is 13.8. The predicted octanol–water partition coefficient (Wildman–Crippen LogP) is 2.54. The topological polar surface area (TPSA) is 49.4 Å². The molecular weight excluding hydrogens is 248 g/mol. The van der Waals surface area contributed by atoms with Crippen LogP contribution < -0.4 is 5.32 Å². The summed E-state index contributed by atoms with van der Waals surface area (Å²) in [5, 5.41) is 3.38. The van der Waals surface area contributed by atoms with Gasteiger partial charge < -0.3 is 5.32 Å². The van der Waals surface area contributed by atoms with Gasteiger partial charge in [-0.15, -0.1) is 0 Å². The number of benzene rings is 1. The van der Waals surface area contributed by atoms with Crippen LogP contribution in [0.2, 0.25) is 0 Å². The number of rotatable bonds is 6. The molecule has 0 aliphatic rings. The van der Waals surface area contributed by atoms with Crippen LogP contribution in [0.25, 0.3) is 0 Å². The summed E-state index contributed by atoms with van der Waals surface area (Å²) in [5.41, 5.74) is 0.960. The highest BCUT2D eigenvalue weighted by Gasteiger charge is 2.16. The Kier molecular flexibility index (Phi) is 5.16. The normalized spacial score (nSPS) is 12.1. The van der Waals surface area contributed by atoms with E-state index in [0.29, 0.717) is 10.9 Å². The molecule has 1 rings (SSSR count). The molecule has 0 saturated heterocycles. The van der Waals surface area contributed by atoms with Gasteiger partial charge in [0.2, 0.25) is 10.0 Å². The van der Waals surface area contributed by atoms with E-state index in [1.807, 2.05) is 12.1 Å². The maximum absolute atomic E-state index is 11.9. The quantitative estimate of drug-likeness (QED) is 0.864. The molecule has 0 atom stereocenters. The Morgan fingerprint density at radius 3 is 2.00 bits per heavy atom. The molecule has 18 heavy (non-hydrogen) atoms. The van der Waals surface area contributed by atoms with E-state index in [0.717, 1.165) is 18.5 Å². The van der Waals surface area contributed by atoms with Crippen LogP contribution in [-0.2, 0) is 10.0 Å². The van der Waals surface area contributed by atoms with E-state index in [1.54, 1.807) is 12.1 Å². The van der Waals surface area contributed by atoms with Crippen molar-refractivity contribution in [3.63, 3.8) is 0 Å². The number of hydrogen-bond acceptors (Lipinski definition) is 3. The third kappa shape index (κ3) is 3.46. The van der Waals surface area contributed by atoms with Gasteiger partial charge >= 0.3 is 0 Å². The van der Waals surface area contributed by atoms with Crippen LogP contribution in [0, 0.1) is 0 Å². The molecule has 1 N–H and O–H groups in total. The maximum Gasteiger partial charge on any atom is 0.242 e. The monoisotopic (exact) mass is 270 g/mol. The summed E-state index contributed by atoms with van der Waals surface area (Å²) in [6.07, 6.45) is 2.10. The van der Waals surface area contributed by atoms with Crippen molar-refractivity contribution in [3.05, 3.63) is 24.3 Å². The number of sulfonamides is 1. The van der Waals surface area contributed by atoms with Crippen LogP contribution in [0.15, 0.2) is 29.2 Å². The van der Waals surface area contributed by atoms with Crippen molar-refractivity contribution in [2.45, 2.75) is 37.6 Å². The van der Waals surface area contributed by atoms with Crippen LogP contribution in [-0.4, -0.2) is 32.9 Å². The minimum absolute atomic E-state index is 0.322. The number of nitrogens with zero attached hydrogens (tertiary/aromatic N) is 1. The van der Waals surface area contributed by atoms with Gasteiger partial charge in [-0.1, -0.05) is 13.8 Å². The molecule has 0 unspecified atom stereocenters. The van der Waals surface area contributed by atoms with E-state index in [4.69, 9.17) is 0 Å². The molecule has 0 bridgehead atoms. The smallest absolute Gasteiger partial charge is 0.242 e. The lowest BCUT2D eigenvalue weighted by molar-refractivity contribution is 0.521. The minimum Gasteiger partial charge on any atom is -0.382 e. The van der Waals surface area contributed by atoms with Crippen molar-refractivity contribution in [3.8, 4) is 0 Å². The Morgan fingerprint density at radius 2 is 1.61 bits per heavy atom. The second-order valence-corrected chi connectivity index (χ2v) is 6.62. The Bertz CT molecular complexity index is 462. The molecule has 1 aromatic rings. The van der Waals surface area contributed by atoms with Gasteiger partial charge in [0.15, 0.2) is 0 Å². The lowest BCUT2D eigenvalue weighted by atomic mass is 10.1. The molecule has 0 amide bonds. The number of anilines is 1. The molecule has 0 aromatic heterocycles. The van der Waals surface area contributed by atoms with Crippen molar-refractivity contribution in [1.82, 2.24) is 4.31 Å². The molecule has 0 fully saturated rings. The molecule has 4 nitrogen and oxygen atoms in total. The molecule has 1 aromatic carbocycles. The maximum atomic E-state index is 11.9. The number of hydrogen-bond donors (Lipinski definition) is 1. The van der Waals surface area contributed by atoms with Crippen molar-refractivity contribution < 1.29 is 8.42 Å². The Labute approximate surface area is 110 Å². The average molecular weight is 270 g/mol. The second-order valence-electron chi connectivity index (χ2n) is 4.47. The van der Waals surface area contributed by atoms with Crippen molar-refractivity contribution in [2.24, 2.45) is 0 Å². The molecule has 102 valence electrons. The van der Waals surface area contributed by atoms with Gasteiger partial charge in [-0.25, -0.2) is 12.7 Å². The SMILES string of the molecule is CCC(CC)Nc1ccc(S(=O)(=O)N(C)C)cc1. The summed E-state index contributed by atoms with van der Waals surface area (Å²) < 4.78 is 25.0. The number of nitrogens with one attached hydrogen (secondary N) is 1. The van der Waals surface area contributed by atoms with E-state index in [2.05, 4.69) is 19.2 Å². The summed E-state index contributed by atoms with van der Waals surface area (Å²) in [7, 11) is -0.261. The largest absolute Gasteiger partial charge is 0.382 e. The van der Waals surface area contributed by atoms with Gasteiger partial charge in [0.1, 0.15) is 0 Å². The third-order valence-electron chi connectivity index (χ3n) is 2.99. The highest BCUT2D eigenvalue weighted by atomic mass is 32.2. The third-order valence-corrected chi connectivity index (χ3v) is 4.82. The molecular formula is C13H22N2O2S. The molecule has 0 saturated carbocycles. The molecule has 0 heterocycles. The minimum atomic E-state index is -3.33. The molecule has 0 aliphatic heterocycles. The molecule has 0 radical (unpaired) electrons. The fourth-order valence-corrected chi connectivity index (χ4v) is 2.56. The first-order valence-corrected chi connectivity index (χ1v) is 7.65. The Balaban J connectivity index is 2.87. The molecule has 0 spiro atoms. The van der Waals surface area contributed by atoms with E-state index >= 15 is 0 Å². The summed E-state index contributed by atoms with van der Waals surface area (Å²) in [4.78, 5) is 0.322. The van der Waals surface area contributed by atoms with E-state index < -0.39 is 10.0 Å². The van der Waals surface area contributed by atoms with Crippen LogP contribution >= 0.6 is 0 Å². The van der Waals surface area contributed by atoms with Crippen LogP contribution in [0.3, 0.4) is 0 Å². The standard InChI is InChI=1S/C13H22N2O2S/c1-5-11(6-2)14-12-7-9-13(10-8-12)18(16,17)15(3)4/h7-11,14H,5-6H2,1-4H3. The van der Waals surface area contributed by atoms with Gasteiger partial charge in [-0.3, -0.25) is 0 Å².